The van der Waals surface area contributed by atoms with Gasteiger partial charge in [-0.2, -0.15) is 0 Å². The highest BCUT2D eigenvalue weighted by Crippen LogP contribution is 2.24. The molecule has 0 aliphatic heterocycles. The molecule has 1 amide bonds. The van der Waals surface area contributed by atoms with Gasteiger partial charge in [-0.05, 0) is 47.9 Å². The van der Waals surface area contributed by atoms with Crippen LogP contribution in [0.3, 0.4) is 0 Å². The maximum Gasteiger partial charge on any atom is 0.274 e. The first kappa shape index (κ1) is 17.5. The van der Waals surface area contributed by atoms with Crippen LogP contribution in [0.4, 0.5) is 4.39 Å². The largest absolute Gasteiger partial charge is 0.288 e. The molecule has 0 unspecified atom stereocenters. The van der Waals surface area contributed by atoms with E-state index in [1.807, 2.05) is 31.2 Å². The molecule has 26 heavy (non-hydrogen) atoms. The Morgan fingerprint density at radius 1 is 1.04 bits per heavy atom. The van der Waals surface area contributed by atoms with Crippen molar-refractivity contribution < 1.29 is 14.4 Å². The van der Waals surface area contributed by atoms with Crippen LogP contribution in [0.5, 0.6) is 0 Å². The third-order valence-electron chi connectivity index (χ3n) is 3.94. The molecule has 3 rings (SSSR count). The molecule has 0 bridgehead atoms. The monoisotopic (exact) mass is 348 g/mol. The number of pyridine rings is 1. The fraction of sp³-hybridized carbons (Fsp3) is 0.0476. The Balaban J connectivity index is 1.82. The third-order valence-corrected chi connectivity index (χ3v) is 3.94. The number of amides is 1. The molecule has 1 heterocycles. The van der Waals surface area contributed by atoms with Crippen molar-refractivity contribution in [2.24, 2.45) is 0 Å². The summed E-state index contributed by atoms with van der Waals surface area (Å²) in [5.74, 6) is -0.830. The Hall–Kier alpha value is -3.31. The van der Waals surface area contributed by atoms with E-state index in [1.54, 1.807) is 48.2 Å². The number of hydrogen-bond donors (Lipinski definition) is 2. The number of hydrogen-bond acceptors (Lipinski definition) is 3. The van der Waals surface area contributed by atoms with E-state index in [4.69, 9.17) is 5.21 Å². The summed E-state index contributed by atoms with van der Waals surface area (Å²) in [6.07, 6.45) is 7.06. The molecule has 130 valence electrons. The highest BCUT2D eigenvalue weighted by atomic mass is 19.1. The summed E-state index contributed by atoms with van der Waals surface area (Å²) in [6, 6.07) is 13.7. The van der Waals surface area contributed by atoms with Gasteiger partial charge >= 0.3 is 0 Å². The molecule has 0 radical (unpaired) electrons. The lowest BCUT2D eigenvalue weighted by Gasteiger charge is -2.05. The predicted octanol–water partition coefficient (Wildman–Crippen LogP) is 4.49. The first-order valence-corrected chi connectivity index (χ1v) is 8.01. The zero-order chi connectivity index (χ0) is 18.5. The van der Waals surface area contributed by atoms with Crippen molar-refractivity contribution >= 4 is 18.1 Å². The Labute approximate surface area is 150 Å². The molecule has 1 aromatic heterocycles. The maximum absolute atomic E-state index is 14.2. The Morgan fingerprint density at radius 3 is 2.46 bits per heavy atom. The van der Waals surface area contributed by atoms with E-state index >= 15 is 0 Å². The van der Waals surface area contributed by atoms with Crippen molar-refractivity contribution in [1.82, 2.24) is 10.5 Å². The molecule has 0 aliphatic rings. The van der Waals surface area contributed by atoms with Crippen LogP contribution in [0, 0.1) is 12.7 Å². The fourth-order valence-electron chi connectivity index (χ4n) is 2.55. The minimum absolute atomic E-state index is 0.273. The third kappa shape index (κ3) is 4.02. The van der Waals surface area contributed by atoms with Crippen molar-refractivity contribution in [3.63, 3.8) is 0 Å². The van der Waals surface area contributed by atoms with Crippen LogP contribution >= 0.6 is 0 Å². The van der Waals surface area contributed by atoms with E-state index in [1.165, 1.54) is 6.07 Å². The molecule has 0 spiro atoms. The zero-order valence-corrected chi connectivity index (χ0v) is 14.1. The number of aryl methyl sites for hydroxylation is 1. The van der Waals surface area contributed by atoms with Crippen LogP contribution < -0.4 is 5.48 Å². The molecule has 0 saturated carbocycles. The van der Waals surface area contributed by atoms with E-state index in [9.17, 15) is 9.18 Å². The Bertz CT molecular complexity index is 966. The van der Waals surface area contributed by atoms with Crippen molar-refractivity contribution in [2.75, 3.05) is 0 Å². The molecular formula is C21H17FN2O2. The van der Waals surface area contributed by atoms with Crippen LogP contribution in [0.15, 0.2) is 60.9 Å². The summed E-state index contributed by atoms with van der Waals surface area (Å²) in [6.45, 7) is 1.85. The van der Waals surface area contributed by atoms with E-state index < -0.39 is 5.91 Å². The summed E-state index contributed by atoms with van der Waals surface area (Å²) in [4.78, 5) is 15.5. The number of carbonyl (C=O) groups is 1. The topological polar surface area (TPSA) is 62.2 Å². The van der Waals surface area contributed by atoms with E-state index in [2.05, 4.69) is 4.98 Å². The van der Waals surface area contributed by atoms with E-state index in [0.717, 1.165) is 16.7 Å². The second-order valence-electron chi connectivity index (χ2n) is 5.89. The molecule has 0 saturated heterocycles. The van der Waals surface area contributed by atoms with Crippen LogP contribution in [0.2, 0.25) is 0 Å². The van der Waals surface area contributed by atoms with Gasteiger partial charge in [-0.15, -0.1) is 0 Å². The van der Waals surface area contributed by atoms with Crippen LogP contribution in [-0.2, 0) is 0 Å². The van der Waals surface area contributed by atoms with Gasteiger partial charge in [0.15, 0.2) is 0 Å². The standard InChI is InChI=1S/C21H17FN2O2/c1-14-2-9-19(20(22)10-14)18-11-16(12-23-13-18)4-3-15-5-7-17(8-6-15)21(25)24-26/h2-13,26H,1H3,(H,24,25)/b4-3+. The zero-order valence-electron chi connectivity index (χ0n) is 14.1. The fourth-order valence-corrected chi connectivity index (χ4v) is 2.55. The number of carbonyl (C=O) groups excluding carboxylic acids is 1. The second kappa shape index (κ2) is 7.72. The summed E-state index contributed by atoms with van der Waals surface area (Å²) < 4.78 is 14.2. The van der Waals surface area contributed by atoms with Crippen molar-refractivity contribution in [2.45, 2.75) is 6.92 Å². The highest BCUT2D eigenvalue weighted by Gasteiger charge is 2.06. The number of benzene rings is 2. The Kier molecular flexibility index (Phi) is 5.20. The summed E-state index contributed by atoms with van der Waals surface area (Å²) in [5, 5.41) is 8.62. The molecule has 0 fully saturated rings. The number of nitrogens with one attached hydrogen (secondary N) is 1. The van der Waals surface area contributed by atoms with Crippen LogP contribution in [-0.4, -0.2) is 16.1 Å². The smallest absolute Gasteiger partial charge is 0.274 e. The van der Waals surface area contributed by atoms with Crippen molar-refractivity contribution in [1.29, 1.82) is 0 Å². The molecular weight excluding hydrogens is 331 g/mol. The van der Waals surface area contributed by atoms with Gasteiger partial charge in [0.1, 0.15) is 5.82 Å². The van der Waals surface area contributed by atoms with Crippen LogP contribution in [0.1, 0.15) is 27.0 Å². The molecule has 3 aromatic rings. The molecule has 5 heteroatoms. The van der Waals surface area contributed by atoms with Gasteiger partial charge in [0.25, 0.3) is 5.91 Å². The lowest BCUT2D eigenvalue weighted by atomic mass is 10.0. The van der Waals surface area contributed by atoms with E-state index in [-0.39, 0.29) is 5.82 Å². The van der Waals surface area contributed by atoms with Gasteiger partial charge in [-0.3, -0.25) is 15.0 Å². The first-order chi connectivity index (χ1) is 12.6. The van der Waals surface area contributed by atoms with Gasteiger partial charge in [-0.1, -0.05) is 36.4 Å². The number of halogens is 1. The molecule has 2 N–H and O–H groups in total. The van der Waals surface area contributed by atoms with Crippen molar-refractivity contribution in [3.8, 4) is 11.1 Å². The molecule has 2 aromatic carbocycles. The summed E-state index contributed by atoms with van der Waals surface area (Å²) in [5.41, 5.74) is 5.76. The lowest BCUT2D eigenvalue weighted by molar-refractivity contribution is 0.0706. The van der Waals surface area contributed by atoms with Gasteiger partial charge in [0.2, 0.25) is 0 Å². The minimum Gasteiger partial charge on any atom is -0.288 e. The van der Waals surface area contributed by atoms with Crippen LogP contribution in [0.25, 0.3) is 23.3 Å². The average Bonchev–Trinajstić information content (AvgIpc) is 2.66. The predicted molar refractivity (Wildman–Crippen MR) is 99.0 cm³/mol. The number of aromatic nitrogens is 1. The van der Waals surface area contributed by atoms with Gasteiger partial charge in [-0.25, -0.2) is 9.87 Å². The van der Waals surface area contributed by atoms with Gasteiger partial charge in [0.05, 0.1) is 0 Å². The molecule has 0 aliphatic carbocycles. The minimum atomic E-state index is -0.558. The quantitative estimate of drug-likeness (QED) is 0.539. The van der Waals surface area contributed by atoms with Gasteiger partial charge < -0.3 is 0 Å². The first-order valence-electron chi connectivity index (χ1n) is 8.01. The molecule has 0 atom stereocenters. The number of nitrogens with zero attached hydrogens (tertiary/aromatic N) is 1. The SMILES string of the molecule is Cc1ccc(-c2cncc(/C=C/c3ccc(C(=O)NO)cc3)c2)c(F)c1. The maximum atomic E-state index is 14.2. The number of rotatable bonds is 4. The normalized spacial score (nSPS) is 10.9. The van der Waals surface area contributed by atoms with Crippen molar-refractivity contribution in [3.05, 3.63) is 89.0 Å². The lowest BCUT2D eigenvalue weighted by Crippen LogP contribution is -2.18. The average molecular weight is 348 g/mol. The number of hydroxylamine groups is 1. The highest BCUT2D eigenvalue weighted by molar-refractivity contribution is 5.93. The van der Waals surface area contributed by atoms with Gasteiger partial charge in [0, 0.05) is 29.1 Å². The summed E-state index contributed by atoms with van der Waals surface area (Å²) >= 11 is 0. The second-order valence-corrected chi connectivity index (χ2v) is 5.89. The Morgan fingerprint density at radius 2 is 1.77 bits per heavy atom. The summed E-state index contributed by atoms with van der Waals surface area (Å²) in [7, 11) is 0. The molecule has 4 nitrogen and oxygen atoms in total. The van der Waals surface area contributed by atoms with E-state index in [0.29, 0.717) is 16.7 Å².